The predicted octanol–water partition coefficient (Wildman–Crippen LogP) is 5.33. The van der Waals surface area contributed by atoms with Crippen molar-refractivity contribution < 1.29 is 23.9 Å². The number of nitriles is 1. The van der Waals surface area contributed by atoms with Gasteiger partial charge in [0, 0.05) is 43.5 Å². The summed E-state index contributed by atoms with van der Waals surface area (Å²) in [6.45, 7) is 4.95. The van der Waals surface area contributed by atoms with Gasteiger partial charge in [-0.25, -0.2) is 0 Å². The minimum Gasteiger partial charge on any atom is -0.493 e. The third-order valence-corrected chi connectivity index (χ3v) is 7.68. The number of nitro groups is 1. The maximum Gasteiger partial charge on any atom is 0.269 e. The van der Waals surface area contributed by atoms with E-state index in [2.05, 4.69) is 22.0 Å². The molecular formula is C29H31BrN4O6. The Hall–Kier alpha value is -3.88. The lowest BCUT2D eigenvalue weighted by Crippen LogP contribution is -2.43. The van der Waals surface area contributed by atoms with Gasteiger partial charge in [0.1, 0.15) is 12.4 Å². The van der Waals surface area contributed by atoms with Crippen LogP contribution < -0.4 is 15.2 Å². The number of Topliss-reactive ketones (excluding diaryl/α,β-unsaturated/α-hetero) is 1. The number of hydrogen-bond donors (Lipinski definition) is 1. The number of ketones is 1. The SMILES string of the molecule is COCCN1C(N)=C(C#N)[C@H](c2cc(Br)c(OCc3cccc([N+](=O)[O-])c3)c(OC)c2)C2=C1CC(C)(C)CC2=O. The maximum absolute atomic E-state index is 13.7. The molecule has 0 radical (unpaired) electrons. The van der Waals surface area contributed by atoms with E-state index in [9.17, 15) is 20.2 Å². The van der Waals surface area contributed by atoms with Gasteiger partial charge in [-0.3, -0.25) is 14.9 Å². The molecule has 1 atom stereocenters. The summed E-state index contributed by atoms with van der Waals surface area (Å²) >= 11 is 3.57. The first-order valence-electron chi connectivity index (χ1n) is 12.7. The number of rotatable bonds is 9. The van der Waals surface area contributed by atoms with Crippen LogP contribution in [0.15, 0.2) is 63.5 Å². The van der Waals surface area contributed by atoms with Crippen molar-refractivity contribution in [2.45, 2.75) is 39.2 Å². The maximum atomic E-state index is 13.7. The molecule has 40 heavy (non-hydrogen) atoms. The highest BCUT2D eigenvalue weighted by atomic mass is 79.9. The van der Waals surface area contributed by atoms with Crippen molar-refractivity contribution in [1.82, 2.24) is 4.90 Å². The van der Waals surface area contributed by atoms with Crippen LogP contribution in [0, 0.1) is 26.9 Å². The molecule has 2 aliphatic rings. The average molecular weight is 611 g/mol. The van der Waals surface area contributed by atoms with E-state index in [1.807, 2.05) is 18.7 Å². The number of nitrogens with zero attached hydrogens (tertiary/aromatic N) is 3. The molecule has 1 heterocycles. The second kappa shape index (κ2) is 11.7. The van der Waals surface area contributed by atoms with Crippen molar-refractivity contribution in [3.8, 4) is 17.6 Å². The first kappa shape index (κ1) is 29.1. The van der Waals surface area contributed by atoms with E-state index in [1.54, 1.807) is 31.4 Å². The largest absolute Gasteiger partial charge is 0.493 e. The van der Waals surface area contributed by atoms with Gasteiger partial charge in [0.25, 0.3) is 5.69 Å². The summed E-state index contributed by atoms with van der Waals surface area (Å²) in [5.41, 5.74) is 9.21. The molecule has 2 aromatic rings. The van der Waals surface area contributed by atoms with Gasteiger partial charge in [0.2, 0.25) is 0 Å². The number of benzene rings is 2. The van der Waals surface area contributed by atoms with E-state index in [4.69, 9.17) is 19.9 Å². The summed E-state index contributed by atoms with van der Waals surface area (Å²) in [6, 6.07) is 12.0. The summed E-state index contributed by atoms with van der Waals surface area (Å²) in [4.78, 5) is 26.2. The number of allylic oxidation sites excluding steroid dienone is 3. The van der Waals surface area contributed by atoms with E-state index in [1.165, 1.54) is 19.2 Å². The second-order valence-electron chi connectivity index (χ2n) is 10.5. The predicted molar refractivity (Wildman–Crippen MR) is 151 cm³/mol. The lowest BCUT2D eigenvalue weighted by atomic mass is 9.68. The van der Waals surface area contributed by atoms with E-state index >= 15 is 0 Å². The third-order valence-electron chi connectivity index (χ3n) is 7.10. The highest BCUT2D eigenvalue weighted by Crippen LogP contribution is 2.50. The molecule has 2 N–H and O–H groups in total. The molecule has 0 unspecified atom stereocenters. The molecule has 0 spiro atoms. The van der Waals surface area contributed by atoms with Crippen LogP contribution in [0.25, 0.3) is 0 Å². The van der Waals surface area contributed by atoms with Crippen LogP contribution in [0.3, 0.4) is 0 Å². The first-order chi connectivity index (χ1) is 19.0. The Morgan fingerprint density at radius 3 is 2.65 bits per heavy atom. The Kier molecular flexibility index (Phi) is 8.51. The van der Waals surface area contributed by atoms with Crippen LogP contribution in [0.5, 0.6) is 11.5 Å². The standard InChI is InChI=1S/C29H31BrN4O6/c1-29(2)13-22-26(23(35)14-29)25(20(15-31)28(32)33(22)8-9-38-3)18-11-21(30)27(24(12-18)39-4)40-16-17-6-5-7-19(10-17)34(36)37/h5-7,10-12,25H,8-9,13-14,16,32H2,1-4H3/t25-/m0/s1. The van der Waals surface area contributed by atoms with Gasteiger partial charge in [-0.2, -0.15) is 5.26 Å². The van der Waals surface area contributed by atoms with Crippen LogP contribution in [0.1, 0.15) is 43.7 Å². The van der Waals surface area contributed by atoms with Gasteiger partial charge in [-0.1, -0.05) is 26.0 Å². The van der Waals surface area contributed by atoms with E-state index in [0.29, 0.717) is 64.5 Å². The molecule has 0 aromatic heterocycles. The lowest BCUT2D eigenvalue weighted by Gasteiger charge is -2.43. The molecule has 1 aliphatic heterocycles. The number of ether oxygens (including phenoxy) is 3. The summed E-state index contributed by atoms with van der Waals surface area (Å²) in [5.74, 6) is 0.350. The van der Waals surface area contributed by atoms with Gasteiger partial charge in [0.05, 0.1) is 40.7 Å². The highest BCUT2D eigenvalue weighted by molar-refractivity contribution is 9.10. The van der Waals surface area contributed by atoms with E-state index < -0.39 is 10.8 Å². The number of nitrogens with two attached hydrogens (primary N) is 1. The molecule has 0 fully saturated rings. The van der Waals surface area contributed by atoms with Crippen LogP contribution in [-0.4, -0.2) is 43.0 Å². The molecule has 0 saturated heterocycles. The number of hydrogen-bond acceptors (Lipinski definition) is 9. The zero-order chi connectivity index (χ0) is 29.2. The fourth-order valence-electron chi connectivity index (χ4n) is 5.31. The van der Waals surface area contributed by atoms with Crippen LogP contribution in [0.2, 0.25) is 0 Å². The van der Waals surface area contributed by atoms with Crippen molar-refractivity contribution in [1.29, 1.82) is 5.26 Å². The van der Waals surface area contributed by atoms with Crippen LogP contribution in [0.4, 0.5) is 5.69 Å². The number of nitro benzene ring substituents is 1. The summed E-state index contributed by atoms with van der Waals surface area (Å²) in [5, 5.41) is 21.4. The quantitative estimate of drug-likeness (QED) is 0.294. The molecule has 2 aromatic carbocycles. The Morgan fingerprint density at radius 1 is 1.25 bits per heavy atom. The number of non-ortho nitro benzene ring substituents is 1. The fraction of sp³-hybridized carbons (Fsp3) is 0.379. The monoisotopic (exact) mass is 610 g/mol. The Bertz CT molecular complexity index is 1460. The van der Waals surface area contributed by atoms with Crippen molar-refractivity contribution in [2.24, 2.45) is 11.1 Å². The van der Waals surface area contributed by atoms with Crippen LogP contribution in [-0.2, 0) is 16.1 Å². The third kappa shape index (κ3) is 5.69. The van der Waals surface area contributed by atoms with Crippen molar-refractivity contribution in [2.75, 3.05) is 27.4 Å². The van der Waals surface area contributed by atoms with Gasteiger partial charge >= 0.3 is 0 Å². The Balaban J connectivity index is 1.78. The molecule has 1 aliphatic carbocycles. The molecule has 4 rings (SSSR count). The molecule has 10 nitrogen and oxygen atoms in total. The van der Waals surface area contributed by atoms with E-state index in [0.717, 1.165) is 5.70 Å². The first-order valence-corrected chi connectivity index (χ1v) is 13.5. The van der Waals surface area contributed by atoms with Crippen molar-refractivity contribution >= 4 is 27.4 Å². The topological polar surface area (TPSA) is 141 Å². The number of carbonyl (C=O) groups excluding carboxylic acids is 1. The molecule has 210 valence electrons. The molecule has 0 bridgehead atoms. The molecule has 11 heteroatoms. The summed E-state index contributed by atoms with van der Waals surface area (Å²) in [7, 11) is 3.09. The number of methoxy groups -OCH3 is 2. The van der Waals surface area contributed by atoms with Crippen molar-refractivity contribution in [3.05, 3.63) is 84.8 Å². The van der Waals surface area contributed by atoms with Crippen molar-refractivity contribution in [3.63, 3.8) is 0 Å². The summed E-state index contributed by atoms with van der Waals surface area (Å²) < 4.78 is 17.5. The highest BCUT2D eigenvalue weighted by Gasteiger charge is 2.44. The molecule has 0 saturated carbocycles. The minimum atomic E-state index is -0.682. The smallest absolute Gasteiger partial charge is 0.269 e. The van der Waals surface area contributed by atoms with Crippen LogP contribution >= 0.6 is 15.9 Å². The second-order valence-corrected chi connectivity index (χ2v) is 11.4. The van der Waals surface area contributed by atoms with Gasteiger partial charge in [-0.15, -0.1) is 0 Å². The van der Waals surface area contributed by atoms with E-state index in [-0.39, 0.29) is 29.1 Å². The van der Waals surface area contributed by atoms with Gasteiger partial charge in [0.15, 0.2) is 17.3 Å². The minimum absolute atomic E-state index is 0.0278. The normalized spacial score (nSPS) is 18.4. The Labute approximate surface area is 241 Å². The molecule has 0 amide bonds. The number of carbonyl (C=O) groups is 1. The van der Waals surface area contributed by atoms with Gasteiger partial charge in [-0.05, 0) is 51.0 Å². The molecular weight excluding hydrogens is 580 g/mol. The average Bonchev–Trinajstić information content (AvgIpc) is 2.90. The number of halogens is 1. The lowest BCUT2D eigenvalue weighted by molar-refractivity contribution is -0.384. The van der Waals surface area contributed by atoms with Gasteiger partial charge < -0.3 is 24.8 Å². The zero-order valence-electron chi connectivity index (χ0n) is 22.8. The summed E-state index contributed by atoms with van der Waals surface area (Å²) in [6.07, 6.45) is 0.970. The Morgan fingerprint density at radius 2 is 2.00 bits per heavy atom. The zero-order valence-corrected chi connectivity index (χ0v) is 24.4. The fourth-order valence-corrected chi connectivity index (χ4v) is 5.88.